The van der Waals surface area contributed by atoms with E-state index < -0.39 is 0 Å². The Morgan fingerprint density at radius 3 is 2.74 bits per heavy atom. The second kappa shape index (κ2) is 5.97. The third-order valence-corrected chi connectivity index (χ3v) is 3.66. The number of amides is 1. The molecule has 100 valence electrons. The summed E-state index contributed by atoms with van der Waals surface area (Å²) in [6.45, 7) is 5.20. The highest BCUT2D eigenvalue weighted by Crippen LogP contribution is 2.21. The predicted molar refractivity (Wildman–Crippen MR) is 77.2 cm³/mol. The fraction of sp³-hybridized carbons (Fsp3) is 0.308. The zero-order chi connectivity index (χ0) is 13.8. The average molecular weight is 323 g/mol. The monoisotopic (exact) mass is 322 g/mol. The van der Waals surface area contributed by atoms with Crippen molar-refractivity contribution in [3.05, 3.63) is 40.9 Å². The van der Waals surface area contributed by atoms with Crippen LogP contribution in [0.5, 0.6) is 0 Å². The molecule has 2 heterocycles. The topological polar surface area (TPSA) is 51.0 Å². The molecule has 2 rings (SSSR count). The van der Waals surface area contributed by atoms with Crippen molar-refractivity contribution in [2.45, 2.75) is 20.4 Å². The number of rotatable bonds is 4. The van der Waals surface area contributed by atoms with Gasteiger partial charge >= 0.3 is 0 Å². The van der Waals surface area contributed by atoms with E-state index in [1.165, 1.54) is 0 Å². The molecule has 5 nitrogen and oxygen atoms in total. The fourth-order valence-electron chi connectivity index (χ4n) is 1.84. The molecule has 0 aliphatic rings. The zero-order valence-corrected chi connectivity index (χ0v) is 12.5. The van der Waals surface area contributed by atoms with Crippen molar-refractivity contribution in [1.82, 2.24) is 14.8 Å². The molecule has 0 saturated heterocycles. The van der Waals surface area contributed by atoms with Gasteiger partial charge in [-0.2, -0.15) is 5.10 Å². The van der Waals surface area contributed by atoms with E-state index in [0.717, 1.165) is 5.69 Å². The zero-order valence-electron chi connectivity index (χ0n) is 10.9. The van der Waals surface area contributed by atoms with Gasteiger partial charge in [0.15, 0.2) is 0 Å². The number of hydrogen-bond acceptors (Lipinski definition) is 3. The van der Waals surface area contributed by atoms with Gasteiger partial charge in [-0.1, -0.05) is 0 Å². The van der Waals surface area contributed by atoms with Crippen LogP contribution in [0.15, 0.2) is 35.3 Å². The molecular formula is C13H15BrN4O. The molecule has 0 unspecified atom stereocenters. The Hall–Kier alpha value is -1.69. The molecule has 19 heavy (non-hydrogen) atoms. The van der Waals surface area contributed by atoms with Crippen LogP contribution < -0.4 is 4.90 Å². The number of aromatic nitrogens is 3. The van der Waals surface area contributed by atoms with Crippen molar-refractivity contribution in [2.75, 3.05) is 11.4 Å². The largest absolute Gasteiger partial charge is 0.307 e. The normalized spacial score (nSPS) is 10.5. The van der Waals surface area contributed by atoms with Crippen LogP contribution in [0.1, 0.15) is 24.2 Å². The first-order valence-corrected chi connectivity index (χ1v) is 6.91. The van der Waals surface area contributed by atoms with Crippen LogP contribution in [-0.2, 0) is 6.54 Å². The van der Waals surface area contributed by atoms with E-state index in [1.54, 1.807) is 28.2 Å². The summed E-state index contributed by atoms with van der Waals surface area (Å²) < 4.78 is 2.45. The number of anilines is 1. The molecule has 2 aromatic rings. The highest BCUT2D eigenvalue weighted by molar-refractivity contribution is 9.10. The van der Waals surface area contributed by atoms with Gasteiger partial charge in [0.25, 0.3) is 5.91 Å². The molecule has 0 bridgehead atoms. The smallest absolute Gasteiger partial charge is 0.262 e. The molecule has 2 aromatic heterocycles. The molecule has 0 aromatic carbocycles. The Bertz CT molecular complexity index is 567. The van der Waals surface area contributed by atoms with Gasteiger partial charge in [-0.15, -0.1) is 0 Å². The molecule has 0 fully saturated rings. The summed E-state index contributed by atoms with van der Waals surface area (Å²) in [5, 5.41) is 4.17. The molecule has 1 amide bonds. The minimum atomic E-state index is -0.0814. The van der Waals surface area contributed by atoms with Gasteiger partial charge < -0.3 is 4.90 Å². The number of carbonyl (C=O) groups excluding carboxylic acids is 1. The van der Waals surface area contributed by atoms with Gasteiger partial charge in [-0.3, -0.25) is 14.5 Å². The second-order valence-corrected chi connectivity index (χ2v) is 4.68. The lowest BCUT2D eigenvalue weighted by Crippen LogP contribution is -2.30. The quantitative estimate of drug-likeness (QED) is 0.869. The van der Waals surface area contributed by atoms with E-state index in [0.29, 0.717) is 23.3 Å². The lowest BCUT2D eigenvalue weighted by molar-refractivity contribution is 0.0987. The molecule has 0 spiro atoms. The molecule has 0 aliphatic heterocycles. The van der Waals surface area contributed by atoms with Crippen LogP contribution in [0.25, 0.3) is 0 Å². The third kappa shape index (κ3) is 2.68. The molecule has 6 heteroatoms. The Morgan fingerprint density at radius 2 is 2.21 bits per heavy atom. The Morgan fingerprint density at radius 1 is 1.42 bits per heavy atom. The molecule has 0 N–H and O–H groups in total. The Balaban J connectivity index is 2.34. The lowest BCUT2D eigenvalue weighted by Gasteiger charge is -2.20. The van der Waals surface area contributed by atoms with Gasteiger partial charge in [0, 0.05) is 19.3 Å². The van der Waals surface area contributed by atoms with Crippen molar-refractivity contribution >= 4 is 27.5 Å². The number of hydrogen-bond donors (Lipinski definition) is 0. The minimum Gasteiger partial charge on any atom is -0.307 e. The van der Waals surface area contributed by atoms with Crippen LogP contribution >= 0.6 is 15.9 Å². The summed E-state index contributed by atoms with van der Waals surface area (Å²) >= 11 is 3.42. The second-order valence-electron chi connectivity index (χ2n) is 3.93. The van der Waals surface area contributed by atoms with Crippen LogP contribution in [-0.4, -0.2) is 27.2 Å². The van der Waals surface area contributed by atoms with E-state index in [4.69, 9.17) is 0 Å². The SMILES string of the molecule is CCN(C(=O)c1cnn(CC)c1Br)c1cccnc1. The summed E-state index contributed by atoms with van der Waals surface area (Å²) in [5.74, 6) is -0.0814. The van der Waals surface area contributed by atoms with Crippen LogP contribution in [0.2, 0.25) is 0 Å². The van der Waals surface area contributed by atoms with E-state index in [1.807, 2.05) is 26.0 Å². The van der Waals surface area contributed by atoms with Gasteiger partial charge in [0.2, 0.25) is 0 Å². The number of pyridine rings is 1. The highest BCUT2D eigenvalue weighted by atomic mass is 79.9. The van der Waals surface area contributed by atoms with E-state index >= 15 is 0 Å². The maximum absolute atomic E-state index is 12.5. The number of aryl methyl sites for hydroxylation is 1. The number of carbonyl (C=O) groups is 1. The van der Waals surface area contributed by atoms with Crippen molar-refractivity contribution in [1.29, 1.82) is 0 Å². The van der Waals surface area contributed by atoms with Crippen molar-refractivity contribution in [2.24, 2.45) is 0 Å². The average Bonchev–Trinajstić information content (AvgIpc) is 2.81. The van der Waals surface area contributed by atoms with Crippen LogP contribution in [0.3, 0.4) is 0 Å². The first kappa shape index (κ1) is 13.7. The Kier molecular flexibility index (Phi) is 4.31. The summed E-state index contributed by atoms with van der Waals surface area (Å²) in [7, 11) is 0. The molecule has 0 atom stereocenters. The number of halogens is 1. The van der Waals surface area contributed by atoms with E-state index in [-0.39, 0.29) is 5.91 Å². The van der Waals surface area contributed by atoms with Gasteiger partial charge in [0.1, 0.15) is 4.60 Å². The summed E-state index contributed by atoms with van der Waals surface area (Å²) in [5.41, 5.74) is 1.35. The first-order chi connectivity index (χ1) is 9.19. The predicted octanol–water partition coefficient (Wildman–Crippen LogP) is 2.73. The van der Waals surface area contributed by atoms with Gasteiger partial charge in [-0.25, -0.2) is 0 Å². The fourth-order valence-corrected chi connectivity index (χ4v) is 2.45. The molecular weight excluding hydrogens is 308 g/mol. The summed E-state index contributed by atoms with van der Waals surface area (Å²) in [6, 6.07) is 3.68. The maximum atomic E-state index is 12.5. The van der Waals surface area contributed by atoms with Gasteiger partial charge in [0.05, 0.1) is 23.6 Å². The van der Waals surface area contributed by atoms with Crippen molar-refractivity contribution < 1.29 is 4.79 Å². The Labute approximate surface area is 120 Å². The molecule has 0 saturated carbocycles. The molecule has 0 aliphatic carbocycles. The lowest BCUT2D eigenvalue weighted by atomic mass is 10.2. The molecule has 0 radical (unpaired) electrons. The summed E-state index contributed by atoms with van der Waals surface area (Å²) in [4.78, 5) is 18.3. The van der Waals surface area contributed by atoms with Crippen LogP contribution in [0.4, 0.5) is 5.69 Å². The third-order valence-electron chi connectivity index (χ3n) is 2.82. The minimum absolute atomic E-state index is 0.0814. The summed E-state index contributed by atoms with van der Waals surface area (Å²) in [6.07, 6.45) is 4.96. The van der Waals surface area contributed by atoms with Crippen LogP contribution in [0, 0.1) is 0 Å². The maximum Gasteiger partial charge on any atom is 0.262 e. The highest BCUT2D eigenvalue weighted by Gasteiger charge is 2.21. The van der Waals surface area contributed by atoms with Gasteiger partial charge in [-0.05, 0) is 41.9 Å². The number of nitrogens with zero attached hydrogens (tertiary/aromatic N) is 4. The standard InChI is InChI=1S/C13H15BrN4O/c1-3-17(10-6-5-7-15-8-10)13(19)11-9-16-18(4-2)12(11)14/h5-9H,3-4H2,1-2H3. The van der Waals surface area contributed by atoms with Crippen molar-refractivity contribution in [3.63, 3.8) is 0 Å². The van der Waals surface area contributed by atoms with E-state index in [2.05, 4.69) is 26.0 Å². The van der Waals surface area contributed by atoms with Crippen molar-refractivity contribution in [3.8, 4) is 0 Å². The van der Waals surface area contributed by atoms with E-state index in [9.17, 15) is 4.79 Å². The first-order valence-electron chi connectivity index (χ1n) is 6.12.